The molecule has 0 bridgehead atoms. The summed E-state index contributed by atoms with van der Waals surface area (Å²) in [5.41, 5.74) is 5.26. The van der Waals surface area contributed by atoms with Gasteiger partial charge in [-0.2, -0.15) is 0 Å². The SMILES string of the molecule is N[C@H]1C(O)O[C@H](CO)[C@@H](O)[C@@H]1O.O=S(=O)([O-])[O-].[Na+].[Na+]. The standard InChI is InChI=1S/C6H13NO5.2Na.H2O4S/c7-3-5(10)4(9)2(1-8)12-6(3)11;;;1-5(2,3)4/h2-6,8-11H,1,7H2;;;(H2,1,2,3,4)/q;2*+1;/p-2/t2-,3-,4-,5-,6?;;;/m1.../s1. The second kappa shape index (κ2) is 11.2. The van der Waals surface area contributed by atoms with Gasteiger partial charge in [0.25, 0.3) is 0 Å². The molecule has 1 fully saturated rings. The molecule has 1 rings (SSSR count). The monoisotopic (exact) mass is 321 g/mol. The molecular weight excluding hydrogens is 308 g/mol. The Morgan fingerprint density at radius 1 is 1.11 bits per heavy atom. The predicted molar refractivity (Wildman–Crippen MR) is 48.4 cm³/mol. The first-order valence-electron chi connectivity index (χ1n) is 4.30. The van der Waals surface area contributed by atoms with E-state index in [1.165, 1.54) is 0 Å². The van der Waals surface area contributed by atoms with Gasteiger partial charge in [-0.05, 0) is 0 Å². The summed E-state index contributed by atoms with van der Waals surface area (Å²) in [5, 5.41) is 36.1. The molecule has 0 aromatic carbocycles. The molecule has 5 atom stereocenters. The van der Waals surface area contributed by atoms with Crippen molar-refractivity contribution in [1.29, 1.82) is 0 Å². The Morgan fingerprint density at radius 2 is 1.47 bits per heavy atom. The van der Waals surface area contributed by atoms with E-state index in [1.807, 2.05) is 0 Å². The van der Waals surface area contributed by atoms with Crippen molar-refractivity contribution in [3.05, 3.63) is 0 Å². The molecular formula is C6H13NNa2O9S. The van der Waals surface area contributed by atoms with Gasteiger partial charge in [-0.3, -0.25) is 8.42 Å². The minimum Gasteiger partial charge on any atom is -0.759 e. The molecule has 1 heterocycles. The Balaban J connectivity index is -0.000000320. The van der Waals surface area contributed by atoms with Gasteiger partial charge in [0.15, 0.2) is 6.29 Å². The van der Waals surface area contributed by atoms with Gasteiger partial charge in [-0.1, -0.05) is 0 Å². The molecule has 1 aliphatic heterocycles. The van der Waals surface area contributed by atoms with E-state index in [1.54, 1.807) is 0 Å². The molecule has 0 amide bonds. The van der Waals surface area contributed by atoms with Crippen molar-refractivity contribution in [2.45, 2.75) is 30.6 Å². The average molecular weight is 321 g/mol. The zero-order valence-electron chi connectivity index (χ0n) is 10.4. The molecule has 0 spiro atoms. The Bertz CT molecular complexity index is 316. The molecule has 0 radical (unpaired) electrons. The maximum Gasteiger partial charge on any atom is 1.00 e. The van der Waals surface area contributed by atoms with Crippen LogP contribution in [-0.2, 0) is 15.1 Å². The van der Waals surface area contributed by atoms with Crippen LogP contribution in [0.2, 0.25) is 0 Å². The molecule has 0 aromatic heterocycles. The van der Waals surface area contributed by atoms with Crippen LogP contribution in [0.15, 0.2) is 0 Å². The third-order valence-electron chi connectivity index (χ3n) is 1.95. The molecule has 1 saturated heterocycles. The summed E-state index contributed by atoms with van der Waals surface area (Å²) in [5.74, 6) is 0. The summed E-state index contributed by atoms with van der Waals surface area (Å²) in [7, 11) is -5.17. The molecule has 19 heavy (non-hydrogen) atoms. The van der Waals surface area contributed by atoms with Crippen molar-refractivity contribution in [3.8, 4) is 0 Å². The zero-order valence-corrected chi connectivity index (χ0v) is 15.2. The van der Waals surface area contributed by atoms with E-state index in [4.69, 9.17) is 38.2 Å². The van der Waals surface area contributed by atoms with Crippen LogP contribution in [0.4, 0.5) is 0 Å². The van der Waals surface area contributed by atoms with Crippen LogP contribution in [0.1, 0.15) is 0 Å². The van der Waals surface area contributed by atoms with Crippen LogP contribution >= 0.6 is 0 Å². The Labute approximate surface area is 154 Å². The first-order valence-corrected chi connectivity index (χ1v) is 5.64. The van der Waals surface area contributed by atoms with Crippen molar-refractivity contribution in [3.63, 3.8) is 0 Å². The van der Waals surface area contributed by atoms with Gasteiger partial charge in [-0.25, -0.2) is 0 Å². The van der Waals surface area contributed by atoms with Gasteiger partial charge in [-0.15, -0.1) is 0 Å². The smallest absolute Gasteiger partial charge is 0.759 e. The summed E-state index contributed by atoms with van der Waals surface area (Å²) in [6, 6.07) is -1.04. The minimum absolute atomic E-state index is 0. The third-order valence-corrected chi connectivity index (χ3v) is 1.95. The largest absolute Gasteiger partial charge is 1.00 e. The van der Waals surface area contributed by atoms with Gasteiger partial charge in [0.05, 0.1) is 12.6 Å². The molecule has 13 heteroatoms. The van der Waals surface area contributed by atoms with Gasteiger partial charge in [0, 0.05) is 10.4 Å². The number of aliphatic hydroxyl groups excluding tert-OH is 4. The molecule has 1 unspecified atom stereocenters. The van der Waals surface area contributed by atoms with Crippen molar-refractivity contribution >= 4 is 10.4 Å². The number of ether oxygens (including phenoxy) is 1. The molecule has 0 saturated carbocycles. The molecule has 1 aliphatic rings. The summed E-state index contributed by atoms with van der Waals surface area (Å²) in [4.78, 5) is 0. The number of aliphatic hydroxyl groups is 4. The summed E-state index contributed by atoms with van der Waals surface area (Å²) in [6.45, 7) is -0.470. The van der Waals surface area contributed by atoms with E-state index in [-0.39, 0.29) is 59.1 Å². The van der Waals surface area contributed by atoms with Gasteiger partial charge in [0.2, 0.25) is 0 Å². The van der Waals surface area contributed by atoms with Gasteiger partial charge in [0.1, 0.15) is 18.3 Å². The second-order valence-corrected chi connectivity index (χ2v) is 4.03. The number of rotatable bonds is 1. The van der Waals surface area contributed by atoms with Gasteiger partial charge >= 0.3 is 59.1 Å². The summed E-state index contributed by atoms with van der Waals surface area (Å²) >= 11 is 0. The summed E-state index contributed by atoms with van der Waals surface area (Å²) in [6.07, 6.45) is -4.85. The van der Waals surface area contributed by atoms with E-state index in [0.717, 1.165) is 0 Å². The van der Waals surface area contributed by atoms with Crippen molar-refractivity contribution in [2.75, 3.05) is 6.61 Å². The third kappa shape index (κ3) is 10.9. The van der Waals surface area contributed by atoms with E-state index in [9.17, 15) is 10.2 Å². The zero-order chi connectivity index (χ0) is 13.8. The predicted octanol–water partition coefficient (Wildman–Crippen LogP) is -10.6. The fraction of sp³-hybridized carbons (Fsp3) is 1.00. The van der Waals surface area contributed by atoms with E-state index in [0.29, 0.717) is 0 Å². The topological polar surface area (TPSA) is 196 Å². The minimum atomic E-state index is -5.17. The number of nitrogens with two attached hydrogens (primary N) is 1. The Morgan fingerprint density at radius 3 is 1.79 bits per heavy atom. The molecule has 6 N–H and O–H groups in total. The quantitative estimate of drug-likeness (QED) is 0.175. The number of hydrogen-bond acceptors (Lipinski definition) is 10. The van der Waals surface area contributed by atoms with Crippen LogP contribution < -0.4 is 64.8 Å². The normalized spacial score (nSPS) is 34.2. The van der Waals surface area contributed by atoms with Crippen LogP contribution in [0.3, 0.4) is 0 Å². The van der Waals surface area contributed by atoms with E-state index >= 15 is 0 Å². The van der Waals surface area contributed by atoms with Crippen LogP contribution in [0.25, 0.3) is 0 Å². The fourth-order valence-electron chi connectivity index (χ4n) is 1.12. The Hall–Kier alpha value is 1.63. The van der Waals surface area contributed by atoms with E-state index < -0.39 is 47.6 Å². The van der Waals surface area contributed by atoms with Crippen molar-refractivity contribution < 1.29 is 102 Å². The van der Waals surface area contributed by atoms with Crippen LogP contribution in [0, 0.1) is 0 Å². The van der Waals surface area contributed by atoms with Crippen LogP contribution in [-0.4, -0.2) is 75.2 Å². The van der Waals surface area contributed by atoms with Crippen molar-refractivity contribution in [2.24, 2.45) is 5.73 Å². The molecule has 0 aromatic rings. The summed E-state index contributed by atoms with van der Waals surface area (Å²) < 4.78 is 38.8. The van der Waals surface area contributed by atoms with Gasteiger partial charge < -0.3 is 40.0 Å². The van der Waals surface area contributed by atoms with E-state index in [2.05, 4.69) is 0 Å². The maximum absolute atomic E-state index is 9.20. The van der Waals surface area contributed by atoms with Crippen molar-refractivity contribution in [1.82, 2.24) is 0 Å². The Kier molecular flexibility index (Phi) is 15.1. The molecule has 10 nitrogen and oxygen atoms in total. The first-order chi connectivity index (χ1) is 7.57. The second-order valence-electron chi connectivity index (χ2n) is 3.21. The fourth-order valence-corrected chi connectivity index (χ4v) is 1.12. The molecule has 104 valence electrons. The average Bonchev–Trinajstić information content (AvgIpc) is 2.18. The maximum atomic E-state index is 9.20. The van der Waals surface area contributed by atoms with Crippen LogP contribution in [0.5, 0.6) is 0 Å². The number of hydrogen-bond donors (Lipinski definition) is 5. The first kappa shape index (κ1) is 25.6. The molecule has 0 aliphatic carbocycles.